The van der Waals surface area contributed by atoms with Crippen LogP contribution in [0.4, 0.5) is 5.00 Å². The third-order valence-corrected chi connectivity index (χ3v) is 6.57. The van der Waals surface area contributed by atoms with Crippen molar-refractivity contribution in [3.63, 3.8) is 0 Å². The molecule has 178 valence electrons. The molecule has 1 fully saturated rings. The van der Waals surface area contributed by atoms with Gasteiger partial charge in [0, 0.05) is 18.9 Å². The number of rotatable bonds is 10. The van der Waals surface area contributed by atoms with Gasteiger partial charge in [-0.3, -0.25) is 19.5 Å². The van der Waals surface area contributed by atoms with Crippen LogP contribution in [-0.4, -0.2) is 52.6 Å². The van der Waals surface area contributed by atoms with Crippen LogP contribution in [0.2, 0.25) is 0 Å². The van der Waals surface area contributed by atoms with E-state index in [0.717, 1.165) is 32.6 Å². The quantitative estimate of drug-likeness (QED) is 0.264. The molecule has 1 aromatic carbocycles. The van der Waals surface area contributed by atoms with Gasteiger partial charge < -0.3 is 14.9 Å². The van der Waals surface area contributed by atoms with Crippen molar-refractivity contribution in [3.05, 3.63) is 70.0 Å². The van der Waals surface area contributed by atoms with Crippen LogP contribution in [0, 0.1) is 10.1 Å². The molecule has 1 N–H and O–H groups in total. The molecule has 2 aromatic heterocycles. The molecule has 3 aromatic rings. The van der Waals surface area contributed by atoms with Crippen LogP contribution in [-0.2, 0) is 32.2 Å². The summed E-state index contributed by atoms with van der Waals surface area (Å²) >= 11 is 1.48. The van der Waals surface area contributed by atoms with Gasteiger partial charge in [-0.05, 0) is 48.0 Å². The first-order valence-electron chi connectivity index (χ1n) is 10.9. The van der Waals surface area contributed by atoms with E-state index in [0.29, 0.717) is 19.5 Å². The van der Waals surface area contributed by atoms with Crippen LogP contribution >= 0.6 is 11.3 Å². The Labute approximate surface area is 199 Å². The number of anilines is 1. The van der Waals surface area contributed by atoms with E-state index in [1.807, 2.05) is 41.3 Å². The van der Waals surface area contributed by atoms with Gasteiger partial charge in [0.25, 0.3) is 5.09 Å². The second-order valence-electron chi connectivity index (χ2n) is 7.92. The Morgan fingerprint density at radius 2 is 2.03 bits per heavy atom. The predicted octanol–water partition coefficient (Wildman–Crippen LogP) is 3.19. The van der Waals surface area contributed by atoms with E-state index in [2.05, 4.69) is 15.1 Å². The fraction of sp³-hybridized carbons (Fsp3) is 0.348. The zero-order chi connectivity index (χ0) is 23.9. The van der Waals surface area contributed by atoms with E-state index in [-0.39, 0.29) is 31.5 Å². The Balaban J connectivity index is 1.23. The number of benzene rings is 1. The van der Waals surface area contributed by atoms with Gasteiger partial charge in [-0.2, -0.15) is 0 Å². The lowest BCUT2D eigenvalue weighted by Gasteiger charge is -2.22. The number of nitrogens with zero attached hydrogens (tertiary/aromatic N) is 3. The molecular weight excluding hydrogens is 460 g/mol. The highest BCUT2D eigenvalue weighted by atomic mass is 32.1. The molecule has 0 bridgehead atoms. The van der Waals surface area contributed by atoms with E-state index < -0.39 is 11.1 Å². The number of carbonyl (C=O) groups excluding carboxylic acids is 2. The summed E-state index contributed by atoms with van der Waals surface area (Å²) in [7, 11) is 0. The molecule has 34 heavy (non-hydrogen) atoms. The number of ether oxygens (including phenoxy) is 1. The summed E-state index contributed by atoms with van der Waals surface area (Å²) in [5, 5.41) is 14.2. The molecule has 0 saturated carbocycles. The Kier molecular flexibility index (Phi) is 7.65. The molecule has 1 unspecified atom stereocenters. The fourth-order valence-electron chi connectivity index (χ4n) is 3.91. The van der Waals surface area contributed by atoms with Gasteiger partial charge in [-0.15, -0.1) is 21.5 Å². The molecule has 0 radical (unpaired) electrons. The highest BCUT2D eigenvalue weighted by molar-refractivity contribution is 7.22. The molecule has 1 aliphatic rings. The van der Waals surface area contributed by atoms with Crippen molar-refractivity contribution in [3.8, 4) is 0 Å². The normalized spacial score (nSPS) is 15.8. The highest BCUT2D eigenvalue weighted by Gasteiger charge is 2.31. The number of thiophene rings is 1. The largest absolute Gasteiger partial charge is 0.460 e. The van der Waals surface area contributed by atoms with E-state index in [9.17, 15) is 19.7 Å². The molecule has 0 aliphatic carbocycles. The topological polar surface area (TPSA) is 124 Å². The van der Waals surface area contributed by atoms with Crippen molar-refractivity contribution >= 4 is 38.3 Å². The van der Waals surface area contributed by atoms with Crippen LogP contribution in [0.5, 0.6) is 0 Å². The van der Waals surface area contributed by atoms with Gasteiger partial charge in [-0.25, -0.2) is 0 Å². The van der Waals surface area contributed by atoms with Crippen LogP contribution in [0.25, 0.3) is 10.1 Å². The van der Waals surface area contributed by atoms with E-state index >= 15 is 0 Å². The monoisotopic (exact) mass is 484 g/mol. The average Bonchev–Trinajstić information content (AvgIpc) is 3.44. The summed E-state index contributed by atoms with van der Waals surface area (Å²) in [5.74, 6) is -0.457. The summed E-state index contributed by atoms with van der Waals surface area (Å²) in [6, 6.07) is 10.8. The van der Waals surface area contributed by atoms with Crippen molar-refractivity contribution in [2.75, 3.05) is 25.0 Å². The summed E-state index contributed by atoms with van der Waals surface area (Å²) in [6.07, 6.45) is 5.21. The summed E-state index contributed by atoms with van der Waals surface area (Å²) in [4.78, 5) is 45.5. The number of likely N-dealkylation sites (tertiary alicyclic amines) is 1. The van der Waals surface area contributed by atoms with Crippen LogP contribution in [0.3, 0.4) is 0 Å². The lowest BCUT2D eigenvalue weighted by atomic mass is 10.1. The van der Waals surface area contributed by atoms with Gasteiger partial charge in [0.05, 0.1) is 16.1 Å². The smallest absolute Gasteiger partial charge is 0.323 e. The van der Waals surface area contributed by atoms with Crippen molar-refractivity contribution in [1.82, 2.24) is 9.88 Å². The molecule has 1 amide bonds. The fourth-order valence-corrected chi connectivity index (χ4v) is 4.86. The van der Waals surface area contributed by atoms with Gasteiger partial charge in [0.2, 0.25) is 5.91 Å². The Morgan fingerprint density at radius 1 is 1.24 bits per heavy atom. The zero-order valence-electron chi connectivity index (χ0n) is 18.3. The number of fused-ring (bicyclic) bond motifs is 1. The van der Waals surface area contributed by atoms with Crippen molar-refractivity contribution in [2.45, 2.75) is 31.9 Å². The number of hydrogen-bond donors (Lipinski definition) is 1. The van der Waals surface area contributed by atoms with Gasteiger partial charge in [0.1, 0.15) is 19.3 Å². The number of esters is 1. The second kappa shape index (κ2) is 11.0. The Hall–Kier alpha value is -3.57. The van der Waals surface area contributed by atoms with Gasteiger partial charge in [-0.1, -0.05) is 24.3 Å². The van der Waals surface area contributed by atoms with Crippen molar-refractivity contribution < 1.29 is 24.3 Å². The number of carbonyl (C=O) groups is 2. The van der Waals surface area contributed by atoms with Crippen molar-refractivity contribution in [2.24, 2.45) is 0 Å². The first kappa shape index (κ1) is 23.6. The first-order chi connectivity index (χ1) is 16.5. The molecule has 10 nitrogen and oxygen atoms in total. The second-order valence-corrected chi connectivity index (χ2v) is 9.01. The lowest BCUT2D eigenvalue weighted by molar-refractivity contribution is -0.757. The van der Waals surface area contributed by atoms with Crippen LogP contribution < -0.4 is 5.32 Å². The molecule has 1 atom stereocenters. The highest BCUT2D eigenvalue weighted by Crippen LogP contribution is 2.28. The minimum atomic E-state index is -0.835. The predicted molar refractivity (Wildman–Crippen MR) is 126 cm³/mol. The third kappa shape index (κ3) is 6.27. The van der Waals surface area contributed by atoms with Crippen LogP contribution in [0.1, 0.15) is 24.0 Å². The first-order valence-corrected chi connectivity index (χ1v) is 11.7. The number of aromatic nitrogens is 1. The average molecular weight is 485 g/mol. The maximum atomic E-state index is 12.5. The molecule has 3 heterocycles. The number of hydrogen-bond acceptors (Lipinski definition) is 9. The van der Waals surface area contributed by atoms with Gasteiger partial charge in [0.15, 0.2) is 0 Å². The number of pyridine rings is 1. The Morgan fingerprint density at radius 3 is 2.79 bits per heavy atom. The van der Waals surface area contributed by atoms with Crippen molar-refractivity contribution in [1.29, 1.82) is 0 Å². The summed E-state index contributed by atoms with van der Waals surface area (Å²) < 4.78 is 6.48. The van der Waals surface area contributed by atoms with Crippen LogP contribution in [0.15, 0.2) is 48.8 Å². The third-order valence-electron chi connectivity index (χ3n) is 5.57. The standard InChI is InChI=1S/C23H24N4O6S/c28-21(25-22-13-18-7-8-24-14-20(18)34-22)12-16-3-5-17(6-4-16)15-32-23(29)19-2-1-9-26(19)10-11-33-27(30)31/h3-8,13-14,19H,1-2,9-12,15H2,(H,25,28). The van der Waals surface area contributed by atoms with Gasteiger partial charge >= 0.3 is 5.97 Å². The minimum Gasteiger partial charge on any atom is -0.460 e. The SMILES string of the molecule is O=C(Cc1ccc(COC(=O)C2CCCN2CCO[N+](=O)[O-])cc1)Nc1cc2ccncc2s1. The van der Waals surface area contributed by atoms with E-state index in [1.54, 1.807) is 12.4 Å². The van der Waals surface area contributed by atoms with E-state index in [1.165, 1.54) is 11.3 Å². The van der Waals surface area contributed by atoms with E-state index in [4.69, 9.17) is 4.74 Å². The summed E-state index contributed by atoms with van der Waals surface area (Å²) in [5.41, 5.74) is 1.67. The summed E-state index contributed by atoms with van der Waals surface area (Å²) in [6.45, 7) is 1.02. The minimum absolute atomic E-state index is 0.0774. The maximum absolute atomic E-state index is 12.5. The lowest BCUT2D eigenvalue weighted by Crippen LogP contribution is -2.39. The number of nitrogens with one attached hydrogen (secondary N) is 1. The molecular formula is C23H24N4O6S. The molecule has 1 saturated heterocycles. The molecule has 11 heteroatoms. The Bertz CT molecular complexity index is 1130. The maximum Gasteiger partial charge on any atom is 0.323 e. The molecule has 0 spiro atoms. The molecule has 1 aliphatic heterocycles. The molecule has 4 rings (SSSR count). The zero-order valence-corrected chi connectivity index (χ0v) is 19.2. The number of amides is 1.